The van der Waals surface area contributed by atoms with Gasteiger partial charge in [-0.25, -0.2) is 4.68 Å². The Kier molecular flexibility index (Phi) is 2.83. The van der Waals surface area contributed by atoms with Crippen molar-refractivity contribution in [3.05, 3.63) is 48.4 Å². The number of nitrogens with zero attached hydrogens (tertiary/aromatic N) is 3. The molecule has 0 unspecified atom stereocenters. The molecule has 0 fully saturated rings. The van der Waals surface area contributed by atoms with Crippen molar-refractivity contribution < 1.29 is 4.79 Å². The van der Waals surface area contributed by atoms with Crippen LogP contribution in [0.15, 0.2) is 42.7 Å². The molecule has 0 spiro atoms. The molecule has 3 N–H and O–H groups in total. The predicted molar refractivity (Wildman–Crippen MR) is 76.7 cm³/mol. The van der Waals surface area contributed by atoms with Gasteiger partial charge in [0.15, 0.2) is 5.69 Å². The topological polar surface area (TPSA) is 85.8 Å². The van der Waals surface area contributed by atoms with Crippen LogP contribution in [-0.4, -0.2) is 27.7 Å². The van der Waals surface area contributed by atoms with Crippen molar-refractivity contribution in [1.82, 2.24) is 20.1 Å². The Morgan fingerprint density at radius 3 is 2.95 bits per heavy atom. The molecule has 2 heterocycles. The zero-order valence-electron chi connectivity index (χ0n) is 10.9. The maximum Gasteiger partial charge on any atom is 0.271 e. The minimum absolute atomic E-state index is 0.226. The highest BCUT2D eigenvalue weighted by molar-refractivity contribution is 5.96. The summed E-state index contributed by atoms with van der Waals surface area (Å²) in [5.41, 5.74) is 8.49. The maximum absolute atomic E-state index is 11.6. The van der Waals surface area contributed by atoms with Crippen LogP contribution >= 0.6 is 0 Å². The number of nitrogens with two attached hydrogens (primary N) is 1. The van der Waals surface area contributed by atoms with Gasteiger partial charge in [-0.2, -0.15) is 5.10 Å². The molecule has 0 saturated heterocycles. The third-order valence-corrected chi connectivity index (χ3v) is 3.08. The quantitative estimate of drug-likeness (QED) is 0.686. The molecule has 3 aromatic rings. The van der Waals surface area contributed by atoms with Gasteiger partial charge in [-0.15, -0.1) is 0 Å². The number of aromatic nitrogens is 3. The second-order valence-corrected chi connectivity index (χ2v) is 4.30. The molecule has 100 valence electrons. The summed E-state index contributed by atoms with van der Waals surface area (Å²) in [7, 11) is 1.57. The zero-order valence-corrected chi connectivity index (χ0v) is 10.9. The highest BCUT2D eigenvalue weighted by atomic mass is 16.1. The van der Waals surface area contributed by atoms with Crippen LogP contribution in [0.25, 0.3) is 16.6 Å². The van der Waals surface area contributed by atoms with E-state index in [2.05, 4.69) is 15.4 Å². The van der Waals surface area contributed by atoms with E-state index in [4.69, 9.17) is 5.73 Å². The lowest BCUT2D eigenvalue weighted by Crippen LogP contribution is -2.18. The molecular formula is C14H13N5O. The molecule has 6 heteroatoms. The van der Waals surface area contributed by atoms with E-state index in [-0.39, 0.29) is 5.91 Å². The van der Waals surface area contributed by atoms with Crippen LogP contribution in [0.4, 0.5) is 5.69 Å². The molecule has 0 aliphatic heterocycles. The summed E-state index contributed by atoms with van der Waals surface area (Å²) < 4.78 is 1.62. The van der Waals surface area contributed by atoms with Crippen molar-refractivity contribution in [1.29, 1.82) is 0 Å². The SMILES string of the molecule is CNC(=O)c1ccn(-c2ccc(N)c3cccnc23)n1. The molecule has 1 aromatic carbocycles. The lowest BCUT2D eigenvalue weighted by atomic mass is 10.1. The van der Waals surface area contributed by atoms with Crippen LogP contribution in [0.3, 0.4) is 0 Å². The van der Waals surface area contributed by atoms with Crippen LogP contribution in [0.5, 0.6) is 0 Å². The Labute approximate surface area is 115 Å². The van der Waals surface area contributed by atoms with E-state index < -0.39 is 0 Å². The molecule has 0 saturated carbocycles. The molecule has 0 aliphatic rings. The molecule has 0 radical (unpaired) electrons. The van der Waals surface area contributed by atoms with E-state index in [9.17, 15) is 4.79 Å². The van der Waals surface area contributed by atoms with Crippen LogP contribution in [0.1, 0.15) is 10.5 Å². The number of nitrogens with one attached hydrogen (secondary N) is 1. The van der Waals surface area contributed by atoms with Crippen LogP contribution in [0, 0.1) is 0 Å². The summed E-state index contributed by atoms with van der Waals surface area (Å²) in [5, 5.41) is 7.66. The number of amides is 1. The highest BCUT2D eigenvalue weighted by Crippen LogP contribution is 2.24. The number of hydrogen-bond acceptors (Lipinski definition) is 4. The van der Waals surface area contributed by atoms with Gasteiger partial charge in [-0.05, 0) is 30.3 Å². The van der Waals surface area contributed by atoms with Gasteiger partial charge in [0.05, 0.1) is 11.2 Å². The third-order valence-electron chi connectivity index (χ3n) is 3.08. The highest BCUT2D eigenvalue weighted by Gasteiger charge is 2.11. The average Bonchev–Trinajstić information content (AvgIpc) is 2.97. The standard InChI is InChI=1S/C14H13N5O/c1-16-14(20)11-6-8-19(18-11)12-5-4-10(15)9-3-2-7-17-13(9)12/h2-8H,15H2,1H3,(H,16,20). The van der Waals surface area contributed by atoms with Gasteiger partial charge in [0.1, 0.15) is 0 Å². The van der Waals surface area contributed by atoms with Crippen LogP contribution in [0.2, 0.25) is 0 Å². The Morgan fingerprint density at radius 2 is 2.15 bits per heavy atom. The molecule has 0 atom stereocenters. The summed E-state index contributed by atoms with van der Waals surface area (Å²) in [6.45, 7) is 0. The summed E-state index contributed by atoms with van der Waals surface area (Å²) >= 11 is 0. The molecule has 0 aliphatic carbocycles. The molecule has 0 bridgehead atoms. The van der Waals surface area contributed by atoms with Crippen LogP contribution in [-0.2, 0) is 0 Å². The minimum atomic E-state index is -0.226. The molecule has 3 rings (SSSR count). The van der Waals surface area contributed by atoms with E-state index in [0.29, 0.717) is 11.4 Å². The first-order valence-electron chi connectivity index (χ1n) is 6.12. The van der Waals surface area contributed by atoms with Gasteiger partial charge in [-0.3, -0.25) is 9.78 Å². The summed E-state index contributed by atoms with van der Waals surface area (Å²) in [5.74, 6) is -0.226. The number of hydrogen-bond donors (Lipinski definition) is 2. The number of pyridine rings is 1. The van der Waals surface area contributed by atoms with Crippen LogP contribution < -0.4 is 11.1 Å². The summed E-state index contributed by atoms with van der Waals surface area (Å²) in [4.78, 5) is 15.9. The number of rotatable bonds is 2. The smallest absolute Gasteiger partial charge is 0.271 e. The van der Waals surface area contributed by atoms with Gasteiger partial charge in [0, 0.05) is 30.5 Å². The molecule has 1 amide bonds. The second-order valence-electron chi connectivity index (χ2n) is 4.30. The number of carbonyl (C=O) groups is 1. The third kappa shape index (κ3) is 1.87. The van der Waals surface area contributed by atoms with Gasteiger partial charge in [0.25, 0.3) is 5.91 Å². The van der Waals surface area contributed by atoms with E-state index in [1.165, 1.54) is 0 Å². The first-order chi connectivity index (χ1) is 9.70. The Bertz CT molecular complexity index is 793. The summed E-state index contributed by atoms with van der Waals surface area (Å²) in [6, 6.07) is 9.04. The monoisotopic (exact) mass is 267 g/mol. The maximum atomic E-state index is 11.6. The second kappa shape index (κ2) is 4.65. The van der Waals surface area contributed by atoms with E-state index >= 15 is 0 Å². The zero-order chi connectivity index (χ0) is 14.1. The molecule has 20 heavy (non-hydrogen) atoms. The minimum Gasteiger partial charge on any atom is -0.398 e. The fourth-order valence-electron chi connectivity index (χ4n) is 2.07. The van der Waals surface area contributed by atoms with E-state index in [0.717, 1.165) is 16.6 Å². The van der Waals surface area contributed by atoms with E-state index in [1.807, 2.05) is 18.2 Å². The Hall–Kier alpha value is -2.89. The molecule has 2 aromatic heterocycles. The lowest BCUT2D eigenvalue weighted by Gasteiger charge is -2.07. The number of benzene rings is 1. The van der Waals surface area contributed by atoms with Crippen molar-refractivity contribution in [2.24, 2.45) is 0 Å². The van der Waals surface area contributed by atoms with Crippen molar-refractivity contribution in [2.45, 2.75) is 0 Å². The fraction of sp³-hybridized carbons (Fsp3) is 0.0714. The number of fused-ring (bicyclic) bond motifs is 1. The molecular weight excluding hydrogens is 254 g/mol. The van der Waals surface area contributed by atoms with Gasteiger partial charge < -0.3 is 11.1 Å². The normalized spacial score (nSPS) is 10.7. The fourth-order valence-corrected chi connectivity index (χ4v) is 2.07. The molecule has 6 nitrogen and oxygen atoms in total. The Balaban J connectivity index is 2.17. The van der Waals surface area contributed by atoms with Crippen molar-refractivity contribution in [3.63, 3.8) is 0 Å². The van der Waals surface area contributed by atoms with Crippen molar-refractivity contribution in [2.75, 3.05) is 12.8 Å². The lowest BCUT2D eigenvalue weighted by molar-refractivity contribution is 0.0957. The largest absolute Gasteiger partial charge is 0.398 e. The number of carbonyl (C=O) groups excluding carboxylic acids is 1. The van der Waals surface area contributed by atoms with Crippen molar-refractivity contribution in [3.8, 4) is 5.69 Å². The Morgan fingerprint density at radius 1 is 1.30 bits per heavy atom. The number of nitrogen functional groups attached to an aromatic ring is 1. The first kappa shape index (κ1) is 12.2. The first-order valence-corrected chi connectivity index (χ1v) is 6.12. The van der Waals surface area contributed by atoms with Gasteiger partial charge in [0.2, 0.25) is 0 Å². The summed E-state index contributed by atoms with van der Waals surface area (Å²) in [6.07, 6.45) is 3.43. The number of anilines is 1. The van der Waals surface area contributed by atoms with Crippen molar-refractivity contribution >= 4 is 22.5 Å². The van der Waals surface area contributed by atoms with Gasteiger partial charge >= 0.3 is 0 Å². The van der Waals surface area contributed by atoms with E-state index in [1.54, 1.807) is 36.3 Å². The average molecular weight is 267 g/mol. The predicted octanol–water partition coefficient (Wildman–Crippen LogP) is 1.36. The van der Waals surface area contributed by atoms with Gasteiger partial charge in [-0.1, -0.05) is 0 Å².